The summed E-state index contributed by atoms with van der Waals surface area (Å²) in [5, 5.41) is 5.08. The number of para-hydroxylation sites is 1. The molecule has 1 fully saturated rings. The highest BCUT2D eigenvalue weighted by molar-refractivity contribution is 6.33. The first kappa shape index (κ1) is 13.5. The standard InChI is InChI=1S/C15H19ClN4/c16-14-4-1-2-5-15(14)19-11-8-18(9-12-19)10-13-20-7-3-6-17-20/h1-7H,8-13H2. The third-order valence-corrected chi connectivity index (χ3v) is 4.09. The predicted molar refractivity (Wildman–Crippen MR) is 82.3 cm³/mol. The quantitative estimate of drug-likeness (QED) is 0.864. The molecule has 1 aliphatic rings. The zero-order chi connectivity index (χ0) is 13.8. The lowest BCUT2D eigenvalue weighted by molar-refractivity contribution is 0.244. The molecule has 0 spiro atoms. The van der Waals surface area contributed by atoms with E-state index in [1.165, 1.54) is 0 Å². The fourth-order valence-electron chi connectivity index (χ4n) is 2.60. The van der Waals surface area contributed by atoms with Gasteiger partial charge in [0.05, 0.1) is 17.3 Å². The summed E-state index contributed by atoms with van der Waals surface area (Å²) in [6.45, 7) is 6.22. The van der Waals surface area contributed by atoms with Gasteiger partial charge in [0, 0.05) is 45.1 Å². The molecule has 1 aromatic heterocycles. The van der Waals surface area contributed by atoms with Crippen LogP contribution in [0.3, 0.4) is 0 Å². The van der Waals surface area contributed by atoms with Crippen molar-refractivity contribution < 1.29 is 0 Å². The van der Waals surface area contributed by atoms with Gasteiger partial charge in [-0.25, -0.2) is 0 Å². The zero-order valence-electron chi connectivity index (χ0n) is 11.5. The minimum atomic E-state index is 0.845. The number of hydrogen-bond acceptors (Lipinski definition) is 3. The Balaban J connectivity index is 1.51. The average molecular weight is 291 g/mol. The van der Waals surface area contributed by atoms with E-state index in [9.17, 15) is 0 Å². The molecule has 2 aromatic rings. The molecule has 0 amide bonds. The Bertz CT molecular complexity index is 533. The van der Waals surface area contributed by atoms with Gasteiger partial charge in [0.1, 0.15) is 0 Å². The van der Waals surface area contributed by atoms with Crippen LogP contribution in [0.25, 0.3) is 0 Å². The summed E-state index contributed by atoms with van der Waals surface area (Å²) in [4.78, 5) is 4.85. The highest BCUT2D eigenvalue weighted by atomic mass is 35.5. The fraction of sp³-hybridized carbons (Fsp3) is 0.400. The molecule has 0 bridgehead atoms. The molecule has 1 saturated heterocycles. The maximum atomic E-state index is 6.26. The molecule has 0 aliphatic carbocycles. The van der Waals surface area contributed by atoms with Crippen LogP contribution in [0.4, 0.5) is 5.69 Å². The summed E-state index contributed by atoms with van der Waals surface area (Å²) < 4.78 is 1.99. The Morgan fingerprint density at radius 3 is 2.50 bits per heavy atom. The molecular formula is C15H19ClN4. The first-order valence-corrected chi connectivity index (χ1v) is 7.40. The van der Waals surface area contributed by atoms with E-state index < -0.39 is 0 Å². The summed E-state index contributed by atoms with van der Waals surface area (Å²) in [5.74, 6) is 0. The van der Waals surface area contributed by atoms with Crippen LogP contribution in [0.15, 0.2) is 42.7 Å². The topological polar surface area (TPSA) is 24.3 Å². The van der Waals surface area contributed by atoms with E-state index in [2.05, 4.69) is 21.0 Å². The Labute approximate surface area is 124 Å². The lowest BCUT2D eigenvalue weighted by atomic mass is 10.2. The molecule has 2 heterocycles. The van der Waals surface area contributed by atoms with E-state index >= 15 is 0 Å². The maximum Gasteiger partial charge on any atom is 0.0639 e. The number of aromatic nitrogens is 2. The lowest BCUT2D eigenvalue weighted by Crippen LogP contribution is -2.47. The van der Waals surface area contributed by atoms with Crippen molar-refractivity contribution in [2.75, 3.05) is 37.6 Å². The highest BCUT2D eigenvalue weighted by Gasteiger charge is 2.18. The van der Waals surface area contributed by atoms with Crippen molar-refractivity contribution in [3.05, 3.63) is 47.7 Å². The van der Waals surface area contributed by atoms with Gasteiger partial charge in [-0.05, 0) is 18.2 Å². The third-order valence-electron chi connectivity index (χ3n) is 3.77. The van der Waals surface area contributed by atoms with Crippen molar-refractivity contribution in [1.82, 2.24) is 14.7 Å². The van der Waals surface area contributed by atoms with Gasteiger partial charge in [-0.15, -0.1) is 0 Å². The van der Waals surface area contributed by atoms with Gasteiger partial charge in [-0.2, -0.15) is 5.10 Å². The molecule has 3 rings (SSSR count). The van der Waals surface area contributed by atoms with Crippen LogP contribution in [0.2, 0.25) is 5.02 Å². The summed E-state index contributed by atoms with van der Waals surface area (Å²) in [6, 6.07) is 10.1. The van der Waals surface area contributed by atoms with Crippen LogP contribution in [-0.4, -0.2) is 47.4 Å². The van der Waals surface area contributed by atoms with Crippen LogP contribution in [-0.2, 0) is 6.54 Å². The maximum absolute atomic E-state index is 6.26. The van der Waals surface area contributed by atoms with Crippen LogP contribution in [0.1, 0.15) is 0 Å². The molecule has 0 N–H and O–H groups in total. The summed E-state index contributed by atoms with van der Waals surface area (Å²) in [7, 11) is 0. The van der Waals surface area contributed by atoms with Crippen molar-refractivity contribution in [2.45, 2.75) is 6.54 Å². The van der Waals surface area contributed by atoms with Crippen molar-refractivity contribution in [1.29, 1.82) is 0 Å². The normalized spacial score (nSPS) is 16.6. The summed E-state index contributed by atoms with van der Waals surface area (Å²) in [6.07, 6.45) is 3.84. The lowest BCUT2D eigenvalue weighted by Gasteiger charge is -2.36. The smallest absolute Gasteiger partial charge is 0.0639 e. The molecule has 5 heteroatoms. The van der Waals surface area contributed by atoms with Gasteiger partial charge < -0.3 is 4.90 Å². The van der Waals surface area contributed by atoms with E-state index in [4.69, 9.17) is 11.6 Å². The summed E-state index contributed by atoms with van der Waals surface area (Å²) >= 11 is 6.26. The zero-order valence-corrected chi connectivity index (χ0v) is 12.2. The SMILES string of the molecule is Clc1ccccc1N1CCN(CCn2cccn2)CC1. The first-order chi connectivity index (χ1) is 9.83. The van der Waals surface area contributed by atoms with Crippen molar-refractivity contribution in [2.24, 2.45) is 0 Å². The highest BCUT2D eigenvalue weighted by Crippen LogP contribution is 2.25. The van der Waals surface area contributed by atoms with Crippen LogP contribution < -0.4 is 4.90 Å². The van der Waals surface area contributed by atoms with Gasteiger partial charge in [-0.3, -0.25) is 9.58 Å². The summed E-state index contributed by atoms with van der Waals surface area (Å²) in [5.41, 5.74) is 1.15. The minimum Gasteiger partial charge on any atom is -0.368 e. The number of benzene rings is 1. The number of piperazine rings is 1. The number of anilines is 1. The minimum absolute atomic E-state index is 0.845. The Morgan fingerprint density at radius 1 is 1.00 bits per heavy atom. The molecule has 106 valence electrons. The van der Waals surface area contributed by atoms with Gasteiger partial charge in [-0.1, -0.05) is 23.7 Å². The molecule has 0 saturated carbocycles. The third kappa shape index (κ3) is 3.14. The molecule has 20 heavy (non-hydrogen) atoms. The second-order valence-corrected chi connectivity index (χ2v) is 5.46. The Hall–Kier alpha value is -1.52. The van der Waals surface area contributed by atoms with Crippen molar-refractivity contribution in [3.8, 4) is 0 Å². The first-order valence-electron chi connectivity index (χ1n) is 7.02. The van der Waals surface area contributed by atoms with Crippen LogP contribution in [0.5, 0.6) is 0 Å². The van der Waals surface area contributed by atoms with E-state index in [0.29, 0.717) is 0 Å². The molecule has 0 radical (unpaired) electrons. The van der Waals surface area contributed by atoms with Crippen molar-refractivity contribution in [3.63, 3.8) is 0 Å². The number of nitrogens with zero attached hydrogens (tertiary/aromatic N) is 4. The van der Waals surface area contributed by atoms with E-state index in [-0.39, 0.29) is 0 Å². The Morgan fingerprint density at radius 2 is 1.80 bits per heavy atom. The predicted octanol–water partition coefficient (Wildman–Crippen LogP) is 2.36. The van der Waals surface area contributed by atoms with Crippen LogP contribution in [0, 0.1) is 0 Å². The molecule has 1 aromatic carbocycles. The number of rotatable bonds is 4. The van der Waals surface area contributed by atoms with Crippen LogP contribution >= 0.6 is 11.6 Å². The molecule has 4 nitrogen and oxygen atoms in total. The van der Waals surface area contributed by atoms with Crippen molar-refractivity contribution >= 4 is 17.3 Å². The van der Waals surface area contributed by atoms with E-state index in [1.54, 1.807) is 0 Å². The van der Waals surface area contributed by atoms with Gasteiger partial charge >= 0.3 is 0 Å². The number of halogens is 1. The molecule has 0 unspecified atom stereocenters. The van der Waals surface area contributed by atoms with Gasteiger partial charge in [0.15, 0.2) is 0 Å². The molecule has 1 aliphatic heterocycles. The fourth-order valence-corrected chi connectivity index (χ4v) is 2.85. The second-order valence-electron chi connectivity index (χ2n) is 5.05. The monoisotopic (exact) mass is 290 g/mol. The molecular weight excluding hydrogens is 272 g/mol. The van der Waals surface area contributed by atoms with E-state index in [0.717, 1.165) is 50.0 Å². The number of hydrogen-bond donors (Lipinski definition) is 0. The van der Waals surface area contributed by atoms with E-state index in [1.807, 2.05) is 41.3 Å². The average Bonchev–Trinajstić information content (AvgIpc) is 3.00. The Kier molecular flexibility index (Phi) is 4.23. The second kappa shape index (κ2) is 6.29. The van der Waals surface area contributed by atoms with Gasteiger partial charge in [0.25, 0.3) is 0 Å². The largest absolute Gasteiger partial charge is 0.368 e. The molecule has 0 atom stereocenters. The van der Waals surface area contributed by atoms with Gasteiger partial charge in [0.2, 0.25) is 0 Å².